The van der Waals surface area contributed by atoms with Crippen molar-refractivity contribution in [1.29, 1.82) is 0 Å². The van der Waals surface area contributed by atoms with E-state index in [2.05, 4.69) is 15.3 Å². The van der Waals surface area contributed by atoms with Crippen molar-refractivity contribution >= 4 is 34.7 Å². The Morgan fingerprint density at radius 2 is 2.32 bits per heavy atom. The highest BCUT2D eigenvalue weighted by molar-refractivity contribution is 7.07. The van der Waals surface area contributed by atoms with Crippen molar-refractivity contribution in [2.24, 2.45) is 0 Å². The number of anilines is 1. The first kappa shape index (κ1) is 13.8. The van der Waals surface area contributed by atoms with Crippen molar-refractivity contribution in [2.75, 3.05) is 19.4 Å². The third-order valence-electron chi connectivity index (χ3n) is 2.57. The molecule has 0 saturated carbocycles. The molecule has 0 fully saturated rings. The van der Waals surface area contributed by atoms with Crippen LogP contribution in [0.25, 0.3) is 0 Å². The van der Waals surface area contributed by atoms with Gasteiger partial charge < -0.3 is 10.2 Å². The fraction of sp³-hybridized carbons (Fsp3) is 0.250. The fourth-order valence-electron chi connectivity index (χ4n) is 1.58. The Labute approximate surface area is 120 Å². The van der Waals surface area contributed by atoms with Gasteiger partial charge in [0.25, 0.3) is 5.91 Å². The maximum absolute atomic E-state index is 12.3. The van der Waals surface area contributed by atoms with Crippen LogP contribution in [0.1, 0.15) is 16.1 Å². The average molecular weight is 297 g/mol. The Morgan fingerprint density at radius 3 is 2.95 bits per heavy atom. The minimum atomic E-state index is -0.156. The van der Waals surface area contributed by atoms with E-state index in [4.69, 9.17) is 11.6 Å². The van der Waals surface area contributed by atoms with Crippen LogP contribution >= 0.6 is 22.9 Å². The number of amides is 1. The smallest absolute Gasteiger partial charge is 0.255 e. The van der Waals surface area contributed by atoms with Crippen LogP contribution < -0.4 is 5.32 Å². The van der Waals surface area contributed by atoms with E-state index in [0.29, 0.717) is 22.9 Å². The number of pyridine rings is 1. The van der Waals surface area contributed by atoms with Gasteiger partial charge in [-0.25, -0.2) is 9.97 Å². The number of nitrogens with one attached hydrogen (secondary N) is 1. The highest BCUT2D eigenvalue weighted by Gasteiger charge is 2.17. The summed E-state index contributed by atoms with van der Waals surface area (Å²) in [4.78, 5) is 22.1. The minimum Gasteiger partial charge on any atom is -0.373 e. The third-order valence-corrected chi connectivity index (χ3v) is 3.51. The van der Waals surface area contributed by atoms with Crippen LogP contribution in [0.5, 0.6) is 0 Å². The molecule has 0 aromatic carbocycles. The number of carbonyl (C=O) groups excluding carboxylic acids is 1. The zero-order valence-corrected chi connectivity index (χ0v) is 12.1. The summed E-state index contributed by atoms with van der Waals surface area (Å²) >= 11 is 7.53. The van der Waals surface area contributed by atoms with E-state index in [0.717, 1.165) is 5.69 Å². The number of hydrogen-bond donors (Lipinski definition) is 1. The molecule has 1 amide bonds. The lowest BCUT2D eigenvalue weighted by molar-refractivity contribution is 0.0784. The minimum absolute atomic E-state index is 0.156. The summed E-state index contributed by atoms with van der Waals surface area (Å²) in [5, 5.41) is 5.14. The first-order valence-electron chi connectivity index (χ1n) is 5.57. The van der Waals surface area contributed by atoms with Crippen LogP contribution in [0.3, 0.4) is 0 Å². The number of nitrogens with zero attached hydrogens (tertiary/aromatic N) is 3. The number of halogens is 1. The summed E-state index contributed by atoms with van der Waals surface area (Å²) in [6.07, 6.45) is 1.47. The third kappa shape index (κ3) is 3.21. The lowest BCUT2D eigenvalue weighted by Gasteiger charge is -2.17. The van der Waals surface area contributed by atoms with Gasteiger partial charge >= 0.3 is 0 Å². The van der Waals surface area contributed by atoms with Crippen LogP contribution in [-0.4, -0.2) is 34.9 Å². The van der Waals surface area contributed by atoms with E-state index in [1.54, 1.807) is 30.6 Å². The van der Waals surface area contributed by atoms with Gasteiger partial charge in [0.05, 0.1) is 28.3 Å². The van der Waals surface area contributed by atoms with Crippen LogP contribution in [0, 0.1) is 0 Å². The maximum Gasteiger partial charge on any atom is 0.255 e. The van der Waals surface area contributed by atoms with Gasteiger partial charge in [-0.05, 0) is 6.07 Å². The predicted molar refractivity (Wildman–Crippen MR) is 76.7 cm³/mol. The molecule has 2 aromatic rings. The standard InChI is InChI=1S/C12H13ClN4OS/c1-14-11-3-9(10(13)4-15-11)12(18)17(2)5-8-6-19-7-16-8/h3-4,6-7H,5H2,1-2H3,(H,14,15). The normalized spacial score (nSPS) is 10.3. The SMILES string of the molecule is CNc1cc(C(=O)N(C)Cc2cscn2)c(Cl)cn1. The van der Waals surface area contributed by atoms with Crippen LogP contribution in [0.4, 0.5) is 5.82 Å². The topological polar surface area (TPSA) is 58.1 Å². The first-order chi connectivity index (χ1) is 9.11. The molecule has 0 bridgehead atoms. The Hall–Kier alpha value is -1.66. The molecule has 2 aromatic heterocycles. The summed E-state index contributed by atoms with van der Waals surface area (Å²) in [5.74, 6) is 0.451. The van der Waals surface area contributed by atoms with Gasteiger partial charge in [0.2, 0.25) is 0 Å². The number of hydrogen-bond acceptors (Lipinski definition) is 5. The second kappa shape index (κ2) is 5.99. The molecule has 0 spiro atoms. The Balaban J connectivity index is 2.18. The van der Waals surface area contributed by atoms with Crippen LogP contribution in [-0.2, 0) is 6.54 Å². The summed E-state index contributed by atoms with van der Waals surface area (Å²) in [5.41, 5.74) is 3.03. The van der Waals surface area contributed by atoms with Crippen molar-refractivity contribution in [3.63, 3.8) is 0 Å². The highest BCUT2D eigenvalue weighted by Crippen LogP contribution is 2.20. The van der Waals surface area contributed by atoms with Crippen molar-refractivity contribution in [3.8, 4) is 0 Å². The van der Waals surface area contributed by atoms with Crippen molar-refractivity contribution < 1.29 is 4.79 Å². The second-order valence-corrected chi connectivity index (χ2v) is 5.07. The molecule has 7 heteroatoms. The maximum atomic E-state index is 12.3. The molecule has 5 nitrogen and oxygen atoms in total. The second-order valence-electron chi connectivity index (χ2n) is 3.94. The highest BCUT2D eigenvalue weighted by atomic mass is 35.5. The van der Waals surface area contributed by atoms with Gasteiger partial charge in [-0.1, -0.05) is 11.6 Å². The molecule has 0 aliphatic carbocycles. The van der Waals surface area contributed by atoms with E-state index < -0.39 is 0 Å². The molecular weight excluding hydrogens is 284 g/mol. The Kier molecular flexibility index (Phi) is 4.34. The molecular formula is C12H13ClN4OS. The molecule has 1 N–H and O–H groups in total. The van der Waals surface area contributed by atoms with E-state index in [1.165, 1.54) is 17.5 Å². The van der Waals surface area contributed by atoms with E-state index in [1.807, 2.05) is 5.38 Å². The molecule has 2 heterocycles. The number of carbonyl (C=O) groups is 1. The summed E-state index contributed by atoms with van der Waals surface area (Å²) < 4.78 is 0. The van der Waals surface area contributed by atoms with Gasteiger partial charge in [0, 0.05) is 25.7 Å². The van der Waals surface area contributed by atoms with Gasteiger partial charge in [-0.15, -0.1) is 11.3 Å². The quantitative estimate of drug-likeness (QED) is 0.942. The Bertz CT molecular complexity index is 573. The Morgan fingerprint density at radius 1 is 1.53 bits per heavy atom. The van der Waals surface area contributed by atoms with Gasteiger partial charge in [0.15, 0.2) is 0 Å². The molecule has 2 rings (SSSR count). The molecule has 0 aliphatic heterocycles. The number of thiazole rings is 1. The predicted octanol–water partition coefficient (Wildman–Crippen LogP) is 2.51. The first-order valence-corrected chi connectivity index (χ1v) is 6.89. The van der Waals surface area contributed by atoms with E-state index >= 15 is 0 Å². The van der Waals surface area contributed by atoms with Crippen LogP contribution in [0.2, 0.25) is 5.02 Å². The summed E-state index contributed by atoms with van der Waals surface area (Å²) in [6, 6.07) is 1.64. The molecule has 0 saturated heterocycles. The molecule has 0 radical (unpaired) electrons. The molecule has 100 valence electrons. The molecule has 0 unspecified atom stereocenters. The van der Waals surface area contributed by atoms with Gasteiger partial charge in [-0.3, -0.25) is 4.79 Å². The molecule has 0 atom stereocenters. The number of aromatic nitrogens is 2. The fourth-order valence-corrected chi connectivity index (χ4v) is 2.31. The molecule has 0 aliphatic rings. The van der Waals surface area contributed by atoms with Crippen molar-refractivity contribution in [1.82, 2.24) is 14.9 Å². The van der Waals surface area contributed by atoms with Gasteiger partial charge in [-0.2, -0.15) is 0 Å². The lowest BCUT2D eigenvalue weighted by Crippen LogP contribution is -2.26. The summed E-state index contributed by atoms with van der Waals surface area (Å²) in [6.45, 7) is 0.454. The average Bonchev–Trinajstić information content (AvgIpc) is 2.91. The van der Waals surface area contributed by atoms with Crippen molar-refractivity contribution in [3.05, 3.63) is 39.4 Å². The number of rotatable bonds is 4. The largest absolute Gasteiger partial charge is 0.373 e. The molecule has 19 heavy (non-hydrogen) atoms. The van der Waals surface area contributed by atoms with Crippen molar-refractivity contribution in [2.45, 2.75) is 6.54 Å². The van der Waals surface area contributed by atoms with E-state index in [9.17, 15) is 4.79 Å². The lowest BCUT2D eigenvalue weighted by atomic mass is 10.2. The zero-order valence-electron chi connectivity index (χ0n) is 10.6. The van der Waals surface area contributed by atoms with Gasteiger partial charge in [0.1, 0.15) is 5.82 Å². The van der Waals surface area contributed by atoms with Crippen LogP contribution in [0.15, 0.2) is 23.2 Å². The summed E-state index contributed by atoms with van der Waals surface area (Å²) in [7, 11) is 3.46. The monoisotopic (exact) mass is 296 g/mol. The van der Waals surface area contributed by atoms with E-state index in [-0.39, 0.29) is 5.91 Å². The zero-order chi connectivity index (χ0) is 13.8.